The summed E-state index contributed by atoms with van der Waals surface area (Å²) in [7, 11) is 1.28. The molecule has 0 spiro atoms. The van der Waals surface area contributed by atoms with Gasteiger partial charge in [-0.15, -0.1) is 0 Å². The Kier molecular flexibility index (Phi) is 4.91. The van der Waals surface area contributed by atoms with Crippen molar-refractivity contribution in [3.05, 3.63) is 70.4 Å². The van der Waals surface area contributed by atoms with Crippen LogP contribution in [0.1, 0.15) is 10.4 Å². The van der Waals surface area contributed by atoms with E-state index in [0.29, 0.717) is 17.2 Å². The second-order valence-electron chi connectivity index (χ2n) is 6.04. The number of nitro benzene ring substituents is 1. The van der Waals surface area contributed by atoms with E-state index in [1.54, 1.807) is 48.7 Å². The number of hydrogen-bond donors (Lipinski definition) is 2. The quantitative estimate of drug-likeness (QED) is 0.275. The van der Waals surface area contributed by atoms with Crippen molar-refractivity contribution in [2.24, 2.45) is 0 Å². The summed E-state index contributed by atoms with van der Waals surface area (Å²) < 4.78 is 9.56. The number of nitrogens with one attached hydrogen (secondary N) is 2. The molecule has 0 atom stereocenters. The van der Waals surface area contributed by atoms with E-state index in [-0.39, 0.29) is 28.0 Å². The number of pyridine rings is 1. The van der Waals surface area contributed by atoms with Gasteiger partial charge in [-0.2, -0.15) is 0 Å². The maximum atomic E-state index is 12.1. The first kappa shape index (κ1) is 18.8. The number of carbonyl (C=O) groups excluding carboxylic acids is 1. The first-order valence-electron chi connectivity index (χ1n) is 8.64. The summed E-state index contributed by atoms with van der Waals surface area (Å²) >= 11 is 0. The predicted molar refractivity (Wildman–Crippen MR) is 107 cm³/mol. The minimum Gasteiger partial charge on any atom is -0.465 e. The van der Waals surface area contributed by atoms with Crippen LogP contribution < -0.4 is 10.6 Å². The molecule has 0 radical (unpaired) electrons. The lowest BCUT2D eigenvalue weighted by Gasteiger charge is -2.13. The van der Waals surface area contributed by atoms with Gasteiger partial charge >= 0.3 is 11.7 Å². The standard InChI is InChI=1S/C19H14N6O5/c1-29-19(26)11-6-2-3-7-12(11)21-13-10-14(22-15-8-4-5-9-20-15)18(25(27)28)17-16(13)23-30-24-17/h2-10,21H,1H3,(H,20,22). The summed E-state index contributed by atoms with van der Waals surface area (Å²) in [6.45, 7) is 0. The number of rotatable bonds is 6. The van der Waals surface area contributed by atoms with Crippen LogP contribution in [0.15, 0.2) is 59.4 Å². The lowest BCUT2D eigenvalue weighted by atomic mass is 10.1. The van der Waals surface area contributed by atoms with Crippen molar-refractivity contribution < 1.29 is 19.1 Å². The minimum atomic E-state index is -0.579. The zero-order valence-electron chi connectivity index (χ0n) is 15.5. The molecule has 0 aliphatic heterocycles. The number of para-hydroxylation sites is 1. The minimum absolute atomic E-state index is 0.0565. The molecule has 2 N–H and O–H groups in total. The summed E-state index contributed by atoms with van der Waals surface area (Å²) in [5, 5.41) is 25.2. The van der Waals surface area contributed by atoms with Crippen molar-refractivity contribution in [1.82, 2.24) is 15.3 Å². The van der Waals surface area contributed by atoms with Gasteiger partial charge in [0.1, 0.15) is 11.5 Å². The maximum Gasteiger partial charge on any atom is 0.339 e. The lowest BCUT2D eigenvalue weighted by Crippen LogP contribution is -2.06. The number of fused-ring (bicyclic) bond motifs is 1. The first-order valence-corrected chi connectivity index (χ1v) is 8.64. The second kappa shape index (κ2) is 7.83. The van der Waals surface area contributed by atoms with Gasteiger partial charge in [0.15, 0.2) is 5.52 Å². The Morgan fingerprint density at radius 3 is 2.53 bits per heavy atom. The van der Waals surface area contributed by atoms with Gasteiger partial charge < -0.3 is 15.4 Å². The topological polar surface area (TPSA) is 145 Å². The molecule has 150 valence electrons. The van der Waals surface area contributed by atoms with Crippen LogP contribution in [-0.2, 0) is 4.74 Å². The molecule has 2 aromatic heterocycles. The second-order valence-corrected chi connectivity index (χ2v) is 6.04. The lowest BCUT2D eigenvalue weighted by molar-refractivity contribution is -0.382. The average molecular weight is 406 g/mol. The van der Waals surface area contributed by atoms with Crippen LogP contribution in [0.3, 0.4) is 0 Å². The molecule has 0 aliphatic rings. The van der Waals surface area contributed by atoms with Crippen molar-refractivity contribution in [2.75, 3.05) is 17.7 Å². The van der Waals surface area contributed by atoms with Gasteiger partial charge in [0, 0.05) is 6.20 Å². The summed E-state index contributed by atoms with van der Waals surface area (Å²) in [4.78, 5) is 27.4. The predicted octanol–water partition coefficient (Wildman–Crippen LogP) is 3.80. The van der Waals surface area contributed by atoms with Gasteiger partial charge in [0.25, 0.3) is 0 Å². The Bertz CT molecular complexity index is 1240. The molecule has 30 heavy (non-hydrogen) atoms. The summed E-state index contributed by atoms with van der Waals surface area (Å²) in [5.41, 5.74) is 0.927. The summed E-state index contributed by atoms with van der Waals surface area (Å²) in [6.07, 6.45) is 1.55. The number of esters is 1. The molecule has 0 amide bonds. The Hall–Kier alpha value is -4.54. The van der Waals surface area contributed by atoms with Crippen LogP contribution in [0.2, 0.25) is 0 Å². The van der Waals surface area contributed by atoms with Crippen LogP contribution in [0.4, 0.5) is 28.6 Å². The van der Waals surface area contributed by atoms with Crippen LogP contribution in [-0.4, -0.2) is 33.3 Å². The molecule has 2 aromatic carbocycles. The largest absolute Gasteiger partial charge is 0.465 e. The number of carbonyl (C=O) groups is 1. The number of ether oxygens (including phenoxy) is 1. The maximum absolute atomic E-state index is 12.1. The number of methoxy groups -OCH3 is 1. The third-order valence-electron chi connectivity index (χ3n) is 4.22. The van der Waals surface area contributed by atoms with Gasteiger partial charge in [0.05, 0.1) is 29.0 Å². The Morgan fingerprint density at radius 2 is 1.80 bits per heavy atom. The number of benzene rings is 2. The molecule has 11 nitrogen and oxygen atoms in total. The first-order chi connectivity index (χ1) is 14.6. The average Bonchev–Trinajstić information content (AvgIpc) is 3.24. The molecule has 4 aromatic rings. The van der Waals surface area contributed by atoms with Gasteiger partial charge in [-0.05, 0) is 40.6 Å². The molecule has 2 heterocycles. The van der Waals surface area contributed by atoms with Crippen LogP contribution in [0.25, 0.3) is 11.0 Å². The van der Waals surface area contributed by atoms with E-state index in [1.165, 1.54) is 13.2 Å². The molecule has 4 rings (SSSR count). The highest BCUT2D eigenvalue weighted by molar-refractivity contribution is 6.03. The number of aromatic nitrogens is 3. The fourth-order valence-corrected chi connectivity index (χ4v) is 2.90. The molecule has 0 saturated carbocycles. The molecular weight excluding hydrogens is 392 g/mol. The normalized spacial score (nSPS) is 10.6. The fourth-order valence-electron chi connectivity index (χ4n) is 2.90. The SMILES string of the molecule is COC(=O)c1ccccc1Nc1cc(Nc2ccccn2)c([N+](=O)[O-])c2nonc12. The van der Waals surface area contributed by atoms with Gasteiger partial charge in [-0.3, -0.25) is 10.1 Å². The highest BCUT2D eigenvalue weighted by Gasteiger charge is 2.27. The smallest absolute Gasteiger partial charge is 0.339 e. The number of nitro groups is 1. The van der Waals surface area contributed by atoms with Crippen molar-refractivity contribution in [2.45, 2.75) is 0 Å². The molecule has 11 heteroatoms. The highest BCUT2D eigenvalue weighted by atomic mass is 16.6. The van der Waals surface area contributed by atoms with Crippen molar-refractivity contribution in [3.63, 3.8) is 0 Å². The zero-order valence-corrected chi connectivity index (χ0v) is 15.5. The fraction of sp³-hybridized carbons (Fsp3) is 0.0526. The van der Waals surface area contributed by atoms with Gasteiger partial charge in [-0.1, -0.05) is 18.2 Å². The number of hydrogen-bond acceptors (Lipinski definition) is 10. The van der Waals surface area contributed by atoms with Gasteiger partial charge in [-0.25, -0.2) is 14.4 Å². The number of anilines is 4. The monoisotopic (exact) mass is 406 g/mol. The Labute approximate surface area is 168 Å². The van der Waals surface area contributed by atoms with Gasteiger partial charge in [0.2, 0.25) is 5.52 Å². The Balaban J connectivity index is 1.85. The summed E-state index contributed by atoms with van der Waals surface area (Å²) in [6, 6.07) is 13.3. The molecule has 0 unspecified atom stereocenters. The number of nitrogens with zero attached hydrogens (tertiary/aromatic N) is 4. The van der Waals surface area contributed by atoms with E-state index in [1.807, 2.05) is 0 Å². The summed E-state index contributed by atoms with van der Waals surface area (Å²) in [5.74, 6) is -0.140. The highest BCUT2D eigenvalue weighted by Crippen LogP contribution is 2.39. The van der Waals surface area contributed by atoms with Crippen LogP contribution in [0, 0.1) is 10.1 Å². The molecular formula is C19H14N6O5. The van der Waals surface area contributed by atoms with E-state index in [4.69, 9.17) is 9.37 Å². The van der Waals surface area contributed by atoms with E-state index in [9.17, 15) is 14.9 Å². The molecule has 0 aliphatic carbocycles. The van der Waals surface area contributed by atoms with Crippen LogP contribution in [0.5, 0.6) is 0 Å². The zero-order chi connectivity index (χ0) is 21.1. The van der Waals surface area contributed by atoms with Crippen molar-refractivity contribution in [3.8, 4) is 0 Å². The Morgan fingerprint density at radius 1 is 1.03 bits per heavy atom. The van der Waals surface area contributed by atoms with Crippen molar-refractivity contribution in [1.29, 1.82) is 0 Å². The third kappa shape index (κ3) is 3.46. The van der Waals surface area contributed by atoms with E-state index in [2.05, 4.69) is 25.9 Å². The van der Waals surface area contributed by atoms with Crippen LogP contribution >= 0.6 is 0 Å². The van der Waals surface area contributed by atoms with E-state index < -0.39 is 10.9 Å². The van der Waals surface area contributed by atoms with Crippen molar-refractivity contribution >= 4 is 45.6 Å². The van der Waals surface area contributed by atoms with E-state index in [0.717, 1.165) is 0 Å². The molecule has 0 saturated heterocycles. The molecule has 0 fully saturated rings. The van der Waals surface area contributed by atoms with E-state index >= 15 is 0 Å². The third-order valence-corrected chi connectivity index (χ3v) is 4.22. The molecule has 0 bridgehead atoms.